The van der Waals surface area contributed by atoms with E-state index in [4.69, 9.17) is 0 Å². The Labute approximate surface area is 160 Å². The number of rotatable bonds is 4. The van der Waals surface area contributed by atoms with Gasteiger partial charge in [0.25, 0.3) is 0 Å². The second kappa shape index (κ2) is 6.64. The molecular formula is C18H19N9O. The Kier molecular flexibility index (Phi) is 3.97. The normalized spacial score (nSPS) is 19.4. The molecule has 5 rings (SSSR count). The van der Waals surface area contributed by atoms with E-state index in [0.29, 0.717) is 29.4 Å². The Balaban J connectivity index is 1.44. The lowest BCUT2D eigenvalue weighted by Crippen LogP contribution is -2.18. The Bertz CT molecular complexity index is 1120. The fraction of sp³-hybridized carbons (Fsp3) is 0.333. The van der Waals surface area contributed by atoms with Crippen LogP contribution in [-0.2, 0) is 7.05 Å². The van der Waals surface area contributed by atoms with E-state index in [2.05, 4.69) is 35.7 Å². The lowest BCUT2D eigenvalue weighted by Gasteiger charge is -2.11. The van der Waals surface area contributed by atoms with Gasteiger partial charge in [0.1, 0.15) is 0 Å². The minimum Gasteiger partial charge on any atom is -0.393 e. The molecule has 4 aromatic rings. The second-order valence-electron chi connectivity index (χ2n) is 7.02. The van der Waals surface area contributed by atoms with Gasteiger partial charge in [0, 0.05) is 36.6 Å². The number of aliphatic hydroxyl groups excluding tert-OH is 1. The molecule has 4 heterocycles. The standard InChI is InChI=1S/C18H19N9O/c1-26-10-12(8-21-26)11-2-5-16(19-7-11)27-17-15(24-25-27)9-20-18(23-17)22-13-3-4-14(28)6-13/h2,5,7-10,13-14,28H,3-4,6H2,1H3,(H,20,22,23)/t13-,14-/m0/s1. The van der Waals surface area contributed by atoms with Gasteiger partial charge in [-0.1, -0.05) is 5.21 Å². The molecule has 28 heavy (non-hydrogen) atoms. The largest absolute Gasteiger partial charge is 0.393 e. The molecule has 2 N–H and O–H groups in total. The zero-order valence-electron chi connectivity index (χ0n) is 15.3. The molecule has 0 aliphatic heterocycles. The van der Waals surface area contributed by atoms with Crippen LogP contribution < -0.4 is 5.32 Å². The minimum atomic E-state index is -0.254. The summed E-state index contributed by atoms with van der Waals surface area (Å²) in [6.07, 6.45) is 9.31. The van der Waals surface area contributed by atoms with Crippen molar-refractivity contribution in [2.24, 2.45) is 7.05 Å². The van der Waals surface area contributed by atoms with Crippen molar-refractivity contribution in [1.82, 2.24) is 39.7 Å². The first kappa shape index (κ1) is 16.8. The first-order valence-electron chi connectivity index (χ1n) is 9.14. The SMILES string of the molecule is Cn1cc(-c2ccc(-n3nnc4cnc(N[C@H]5CC[C@H](O)C5)nc43)nc2)cn1. The quantitative estimate of drug-likeness (QED) is 0.547. The summed E-state index contributed by atoms with van der Waals surface area (Å²) in [4.78, 5) is 13.4. The van der Waals surface area contributed by atoms with Gasteiger partial charge in [0.2, 0.25) is 5.95 Å². The summed E-state index contributed by atoms with van der Waals surface area (Å²) in [5.41, 5.74) is 3.14. The predicted molar refractivity (Wildman–Crippen MR) is 102 cm³/mol. The lowest BCUT2D eigenvalue weighted by molar-refractivity contribution is 0.182. The number of aryl methyl sites for hydroxylation is 1. The molecule has 0 amide bonds. The molecule has 1 aliphatic rings. The van der Waals surface area contributed by atoms with E-state index in [9.17, 15) is 5.11 Å². The fourth-order valence-corrected chi connectivity index (χ4v) is 3.48. The monoisotopic (exact) mass is 377 g/mol. The molecule has 4 aromatic heterocycles. The molecule has 10 heteroatoms. The third-order valence-electron chi connectivity index (χ3n) is 4.93. The number of pyridine rings is 1. The minimum absolute atomic E-state index is 0.175. The lowest BCUT2D eigenvalue weighted by atomic mass is 10.2. The van der Waals surface area contributed by atoms with Crippen molar-refractivity contribution >= 4 is 17.1 Å². The highest BCUT2D eigenvalue weighted by Crippen LogP contribution is 2.23. The van der Waals surface area contributed by atoms with Gasteiger partial charge in [-0.3, -0.25) is 4.68 Å². The Hall–Kier alpha value is -3.40. The smallest absolute Gasteiger partial charge is 0.225 e. The number of anilines is 1. The van der Waals surface area contributed by atoms with Crippen LogP contribution in [0.25, 0.3) is 28.1 Å². The number of nitrogens with one attached hydrogen (secondary N) is 1. The summed E-state index contributed by atoms with van der Waals surface area (Å²) in [5.74, 6) is 1.12. The van der Waals surface area contributed by atoms with E-state index in [-0.39, 0.29) is 12.1 Å². The average molecular weight is 377 g/mol. The summed E-state index contributed by atoms with van der Waals surface area (Å²) >= 11 is 0. The first-order valence-corrected chi connectivity index (χ1v) is 9.14. The third-order valence-corrected chi connectivity index (χ3v) is 4.93. The maximum atomic E-state index is 9.70. The molecule has 0 bridgehead atoms. The van der Waals surface area contributed by atoms with Crippen molar-refractivity contribution in [2.75, 3.05) is 5.32 Å². The Morgan fingerprint density at radius 1 is 1.11 bits per heavy atom. The van der Waals surface area contributed by atoms with Gasteiger partial charge in [-0.25, -0.2) is 9.97 Å². The molecule has 0 spiro atoms. The van der Waals surface area contributed by atoms with Crippen LogP contribution in [0.5, 0.6) is 0 Å². The summed E-state index contributed by atoms with van der Waals surface area (Å²) in [6.45, 7) is 0. The van der Waals surface area contributed by atoms with Crippen molar-refractivity contribution < 1.29 is 5.11 Å². The van der Waals surface area contributed by atoms with E-state index in [1.54, 1.807) is 28.0 Å². The molecule has 1 aliphatic carbocycles. The molecule has 0 saturated heterocycles. The highest BCUT2D eigenvalue weighted by molar-refractivity contribution is 5.72. The maximum absolute atomic E-state index is 9.70. The molecule has 142 valence electrons. The zero-order chi connectivity index (χ0) is 19.1. The van der Waals surface area contributed by atoms with Gasteiger partial charge in [0.05, 0.1) is 18.5 Å². The van der Waals surface area contributed by atoms with E-state index in [0.717, 1.165) is 24.0 Å². The van der Waals surface area contributed by atoms with E-state index >= 15 is 0 Å². The first-order chi connectivity index (χ1) is 13.7. The summed E-state index contributed by atoms with van der Waals surface area (Å²) in [7, 11) is 1.88. The van der Waals surface area contributed by atoms with Crippen LogP contribution in [0.1, 0.15) is 19.3 Å². The molecule has 0 unspecified atom stereocenters. The number of fused-ring (bicyclic) bond motifs is 1. The number of aliphatic hydroxyl groups is 1. The van der Waals surface area contributed by atoms with Crippen molar-refractivity contribution in [3.63, 3.8) is 0 Å². The van der Waals surface area contributed by atoms with Crippen LogP contribution in [0.2, 0.25) is 0 Å². The summed E-state index contributed by atoms with van der Waals surface area (Å²) in [5, 5.41) is 25.5. The maximum Gasteiger partial charge on any atom is 0.225 e. The predicted octanol–water partition coefficient (Wildman–Crippen LogP) is 1.33. The fourth-order valence-electron chi connectivity index (χ4n) is 3.48. The average Bonchev–Trinajstić information content (AvgIpc) is 3.42. The second-order valence-corrected chi connectivity index (χ2v) is 7.02. The van der Waals surface area contributed by atoms with Crippen molar-refractivity contribution in [3.8, 4) is 16.9 Å². The van der Waals surface area contributed by atoms with Crippen LogP contribution >= 0.6 is 0 Å². The summed E-state index contributed by atoms with van der Waals surface area (Å²) in [6, 6.07) is 4.01. The van der Waals surface area contributed by atoms with Crippen LogP contribution in [0, 0.1) is 0 Å². The van der Waals surface area contributed by atoms with Crippen molar-refractivity contribution in [2.45, 2.75) is 31.4 Å². The van der Waals surface area contributed by atoms with Crippen molar-refractivity contribution in [1.29, 1.82) is 0 Å². The van der Waals surface area contributed by atoms with Gasteiger partial charge >= 0.3 is 0 Å². The van der Waals surface area contributed by atoms with Gasteiger partial charge in [-0.05, 0) is 31.4 Å². The van der Waals surface area contributed by atoms with Crippen LogP contribution in [-0.4, -0.2) is 57.0 Å². The van der Waals surface area contributed by atoms with E-state index in [1.165, 1.54) is 0 Å². The highest BCUT2D eigenvalue weighted by Gasteiger charge is 2.23. The molecule has 2 atom stereocenters. The van der Waals surface area contributed by atoms with Crippen molar-refractivity contribution in [3.05, 3.63) is 36.9 Å². The molecule has 1 fully saturated rings. The number of hydrogen-bond acceptors (Lipinski definition) is 8. The van der Waals surface area contributed by atoms with Crippen LogP contribution in [0.3, 0.4) is 0 Å². The molecular weight excluding hydrogens is 358 g/mol. The zero-order valence-corrected chi connectivity index (χ0v) is 15.3. The van der Waals surface area contributed by atoms with Gasteiger partial charge in [-0.2, -0.15) is 14.8 Å². The molecule has 0 aromatic carbocycles. The van der Waals surface area contributed by atoms with E-state index < -0.39 is 0 Å². The highest BCUT2D eigenvalue weighted by atomic mass is 16.3. The van der Waals surface area contributed by atoms with Gasteiger partial charge in [-0.15, -0.1) is 5.10 Å². The van der Waals surface area contributed by atoms with E-state index in [1.807, 2.05) is 25.4 Å². The molecule has 0 radical (unpaired) electrons. The Morgan fingerprint density at radius 3 is 2.75 bits per heavy atom. The summed E-state index contributed by atoms with van der Waals surface area (Å²) < 4.78 is 3.35. The number of aromatic nitrogens is 8. The number of nitrogens with zero attached hydrogens (tertiary/aromatic N) is 8. The van der Waals surface area contributed by atoms with Gasteiger partial charge in [0.15, 0.2) is 17.0 Å². The Morgan fingerprint density at radius 2 is 2.04 bits per heavy atom. The van der Waals surface area contributed by atoms with Crippen LogP contribution in [0.4, 0.5) is 5.95 Å². The van der Waals surface area contributed by atoms with Crippen LogP contribution in [0.15, 0.2) is 36.9 Å². The molecule has 1 saturated carbocycles. The van der Waals surface area contributed by atoms with Gasteiger partial charge < -0.3 is 10.4 Å². The third kappa shape index (κ3) is 3.07. The number of hydrogen-bond donors (Lipinski definition) is 2. The topological polar surface area (TPSA) is 119 Å². The molecule has 10 nitrogen and oxygen atoms in total.